The van der Waals surface area contributed by atoms with Crippen molar-refractivity contribution in [3.05, 3.63) is 0 Å². The van der Waals surface area contributed by atoms with Crippen LogP contribution in [0.25, 0.3) is 0 Å². The number of nitrogens with zero attached hydrogens (tertiary/aromatic N) is 3. The van der Waals surface area contributed by atoms with Gasteiger partial charge in [0, 0.05) is 52.2 Å². The van der Waals surface area contributed by atoms with E-state index in [1.807, 2.05) is 16.8 Å². The molecule has 0 aromatic carbocycles. The van der Waals surface area contributed by atoms with Crippen LogP contribution >= 0.6 is 0 Å². The number of piperidine rings is 1. The lowest BCUT2D eigenvalue weighted by Gasteiger charge is -2.47. The summed E-state index contributed by atoms with van der Waals surface area (Å²) in [5.74, 6) is 0.173. The first-order valence-corrected chi connectivity index (χ1v) is 9.74. The maximum atomic E-state index is 11.7. The van der Waals surface area contributed by atoms with Gasteiger partial charge in [0.1, 0.15) is 0 Å². The van der Waals surface area contributed by atoms with Crippen LogP contribution in [-0.4, -0.2) is 79.1 Å². The third-order valence-electron chi connectivity index (χ3n) is 7.03. The van der Waals surface area contributed by atoms with Crippen molar-refractivity contribution >= 4 is 12.0 Å². The highest BCUT2D eigenvalue weighted by Crippen LogP contribution is 2.46. The number of methoxy groups -OCH3 is 1. The van der Waals surface area contributed by atoms with Crippen molar-refractivity contribution in [3.63, 3.8) is 0 Å². The summed E-state index contributed by atoms with van der Waals surface area (Å²) in [5.41, 5.74) is 0.441. The van der Waals surface area contributed by atoms with Crippen LogP contribution in [0.15, 0.2) is 0 Å². The molecule has 3 aliphatic rings. The Labute approximate surface area is 151 Å². The third-order valence-corrected chi connectivity index (χ3v) is 7.03. The molecule has 0 aromatic heterocycles. The fourth-order valence-corrected chi connectivity index (χ4v) is 5.05. The second kappa shape index (κ2) is 7.52. The van der Waals surface area contributed by atoms with Crippen LogP contribution in [0.3, 0.4) is 0 Å². The van der Waals surface area contributed by atoms with Gasteiger partial charge in [-0.15, -0.1) is 0 Å². The molecule has 0 bridgehead atoms. The number of hydrogen-bond donors (Lipinski definition) is 0. The monoisotopic (exact) mass is 351 g/mol. The van der Waals surface area contributed by atoms with Crippen molar-refractivity contribution in [1.82, 2.24) is 14.7 Å². The molecule has 2 amide bonds. The van der Waals surface area contributed by atoms with Gasteiger partial charge in [0.05, 0.1) is 7.11 Å². The molecule has 3 rings (SSSR count). The van der Waals surface area contributed by atoms with Gasteiger partial charge >= 0.3 is 6.09 Å². The van der Waals surface area contributed by atoms with Gasteiger partial charge in [0.2, 0.25) is 5.91 Å². The Morgan fingerprint density at radius 2 is 1.68 bits per heavy atom. The molecule has 0 radical (unpaired) electrons. The van der Waals surface area contributed by atoms with Crippen LogP contribution < -0.4 is 0 Å². The smallest absolute Gasteiger partial charge is 0.409 e. The quantitative estimate of drug-likeness (QED) is 0.766. The molecule has 2 saturated heterocycles. The third kappa shape index (κ3) is 3.94. The molecule has 1 atom stereocenters. The highest BCUT2D eigenvalue weighted by Gasteiger charge is 2.41. The van der Waals surface area contributed by atoms with Crippen molar-refractivity contribution in [1.29, 1.82) is 0 Å². The van der Waals surface area contributed by atoms with Crippen molar-refractivity contribution in [3.8, 4) is 0 Å². The summed E-state index contributed by atoms with van der Waals surface area (Å²) in [6, 6.07) is 1.06. The zero-order valence-corrected chi connectivity index (χ0v) is 16.0. The molecular formula is C19H33N3O3. The Bertz CT molecular complexity index is 492. The van der Waals surface area contributed by atoms with Gasteiger partial charge in [-0.05, 0) is 50.4 Å². The molecule has 0 N–H and O–H groups in total. The van der Waals surface area contributed by atoms with Crippen molar-refractivity contribution in [2.24, 2.45) is 5.41 Å². The van der Waals surface area contributed by atoms with Crippen LogP contribution in [0, 0.1) is 5.41 Å². The fraction of sp³-hybridized carbons (Fsp3) is 0.895. The molecule has 1 saturated carbocycles. The van der Waals surface area contributed by atoms with Crippen molar-refractivity contribution in [2.45, 2.75) is 64.0 Å². The van der Waals surface area contributed by atoms with Gasteiger partial charge in [-0.3, -0.25) is 9.69 Å². The predicted octanol–water partition coefficient (Wildman–Crippen LogP) is 2.33. The molecular weight excluding hydrogens is 318 g/mol. The van der Waals surface area contributed by atoms with Crippen molar-refractivity contribution in [2.75, 3.05) is 40.3 Å². The Morgan fingerprint density at radius 1 is 1.04 bits per heavy atom. The molecule has 1 unspecified atom stereocenters. The van der Waals surface area contributed by atoms with E-state index < -0.39 is 0 Å². The van der Waals surface area contributed by atoms with Crippen LogP contribution in [0.2, 0.25) is 0 Å². The minimum absolute atomic E-state index is 0.173. The number of ether oxygens (including phenoxy) is 1. The van der Waals surface area contributed by atoms with E-state index in [-0.39, 0.29) is 12.0 Å². The lowest BCUT2D eigenvalue weighted by molar-refractivity contribution is -0.129. The molecule has 142 valence electrons. The van der Waals surface area contributed by atoms with E-state index in [0.29, 0.717) is 17.5 Å². The molecule has 25 heavy (non-hydrogen) atoms. The van der Waals surface area contributed by atoms with Crippen molar-refractivity contribution < 1.29 is 14.3 Å². The molecule has 6 heteroatoms. The standard InChI is InChI=1S/C19H33N3O3/c1-15(23)20(2)17-6-11-22(14-17)16-4-7-19(8-5-16)9-12-21(13-10-19)18(24)25-3/h16-17H,4-14H2,1-3H3. The summed E-state index contributed by atoms with van der Waals surface area (Å²) >= 11 is 0. The highest BCUT2D eigenvalue weighted by molar-refractivity contribution is 5.73. The average Bonchev–Trinajstić information content (AvgIpc) is 3.11. The summed E-state index contributed by atoms with van der Waals surface area (Å²) in [5, 5.41) is 0. The largest absolute Gasteiger partial charge is 0.453 e. The zero-order valence-electron chi connectivity index (χ0n) is 16.0. The normalized spacial score (nSPS) is 27.5. The first-order valence-electron chi connectivity index (χ1n) is 9.74. The maximum absolute atomic E-state index is 11.7. The van der Waals surface area contributed by atoms with Crippen LogP contribution in [0.4, 0.5) is 4.79 Å². The van der Waals surface area contributed by atoms with Crippen LogP contribution in [-0.2, 0) is 9.53 Å². The molecule has 6 nitrogen and oxygen atoms in total. The predicted molar refractivity (Wildman–Crippen MR) is 96.3 cm³/mol. The minimum atomic E-state index is -0.179. The lowest BCUT2D eigenvalue weighted by atomic mass is 9.67. The summed E-state index contributed by atoms with van der Waals surface area (Å²) < 4.78 is 4.85. The van der Waals surface area contributed by atoms with Gasteiger partial charge in [0.15, 0.2) is 0 Å². The average molecular weight is 351 g/mol. The van der Waals surface area contributed by atoms with Gasteiger partial charge in [-0.1, -0.05) is 0 Å². The first-order chi connectivity index (χ1) is 11.9. The Morgan fingerprint density at radius 3 is 2.24 bits per heavy atom. The van der Waals surface area contributed by atoms with Gasteiger partial charge < -0.3 is 14.5 Å². The van der Waals surface area contributed by atoms with E-state index in [0.717, 1.165) is 45.4 Å². The van der Waals surface area contributed by atoms with E-state index in [1.165, 1.54) is 32.8 Å². The Kier molecular flexibility index (Phi) is 5.56. The number of rotatable bonds is 2. The van der Waals surface area contributed by atoms with E-state index in [2.05, 4.69) is 4.90 Å². The first kappa shape index (κ1) is 18.5. The summed E-state index contributed by atoms with van der Waals surface area (Å²) in [7, 11) is 3.40. The van der Waals surface area contributed by atoms with E-state index >= 15 is 0 Å². The number of carbonyl (C=O) groups is 2. The van der Waals surface area contributed by atoms with E-state index in [1.54, 1.807) is 6.92 Å². The lowest BCUT2D eigenvalue weighted by Crippen LogP contribution is -2.47. The summed E-state index contributed by atoms with van der Waals surface area (Å²) in [6.07, 6.45) is 8.22. The SMILES string of the molecule is COC(=O)N1CCC2(CCC(N3CCC(N(C)C(C)=O)C3)CC2)CC1. The van der Waals surface area contributed by atoms with Crippen LogP contribution in [0.5, 0.6) is 0 Å². The summed E-state index contributed by atoms with van der Waals surface area (Å²) in [6.45, 7) is 5.49. The number of likely N-dealkylation sites (N-methyl/N-ethyl adjacent to an activating group) is 1. The van der Waals surface area contributed by atoms with E-state index in [9.17, 15) is 9.59 Å². The van der Waals surface area contributed by atoms with Gasteiger partial charge in [0.25, 0.3) is 0 Å². The van der Waals surface area contributed by atoms with Gasteiger partial charge in [-0.2, -0.15) is 0 Å². The number of likely N-dealkylation sites (tertiary alicyclic amines) is 2. The van der Waals surface area contributed by atoms with Crippen LogP contribution in [0.1, 0.15) is 51.9 Å². The second-order valence-electron chi connectivity index (χ2n) is 8.26. The highest BCUT2D eigenvalue weighted by atomic mass is 16.5. The molecule has 1 aliphatic carbocycles. The molecule has 3 fully saturated rings. The topological polar surface area (TPSA) is 53.1 Å². The number of carbonyl (C=O) groups excluding carboxylic acids is 2. The summed E-state index contributed by atoms with van der Waals surface area (Å²) in [4.78, 5) is 29.6. The fourth-order valence-electron chi connectivity index (χ4n) is 5.05. The van der Waals surface area contributed by atoms with E-state index in [4.69, 9.17) is 4.74 Å². The molecule has 0 aromatic rings. The minimum Gasteiger partial charge on any atom is -0.453 e. The number of hydrogen-bond acceptors (Lipinski definition) is 4. The molecule has 2 heterocycles. The molecule has 2 aliphatic heterocycles. The molecule has 1 spiro atoms. The second-order valence-corrected chi connectivity index (χ2v) is 8.26. The van der Waals surface area contributed by atoms with Gasteiger partial charge in [-0.25, -0.2) is 4.79 Å². The maximum Gasteiger partial charge on any atom is 0.409 e. The number of amides is 2. The zero-order chi connectivity index (χ0) is 18.0. The Hall–Kier alpha value is -1.30. The Balaban J connectivity index is 1.47.